The van der Waals surface area contributed by atoms with Gasteiger partial charge in [0.15, 0.2) is 0 Å². The molecule has 0 saturated carbocycles. The molecule has 1 unspecified atom stereocenters. The lowest BCUT2D eigenvalue weighted by Crippen LogP contribution is -2.01. The molecule has 0 spiro atoms. The minimum absolute atomic E-state index is 0.331. The highest BCUT2D eigenvalue weighted by Crippen LogP contribution is 1.92. The first-order chi connectivity index (χ1) is 4.31. The van der Waals surface area contributed by atoms with Gasteiger partial charge in [0.2, 0.25) is 0 Å². The molecule has 0 heterocycles. The second-order valence-corrected chi connectivity index (χ2v) is 1.57. The molecular weight excluding hydrogens is 112 g/mol. The minimum Gasteiger partial charge on any atom is -0.381 e. The zero-order valence-electron chi connectivity index (χ0n) is 6.98. The van der Waals surface area contributed by atoms with Crippen LogP contribution in [-0.2, 0) is 4.74 Å². The molecule has 0 rings (SSSR count). The second kappa shape index (κ2) is 10.6. The van der Waals surface area contributed by atoms with Crippen molar-refractivity contribution in [3.63, 3.8) is 0 Å². The lowest BCUT2D eigenvalue weighted by molar-refractivity contribution is 0.121. The Morgan fingerprint density at radius 2 is 2.00 bits per heavy atom. The van der Waals surface area contributed by atoms with Crippen LogP contribution in [0.2, 0.25) is 0 Å². The van der Waals surface area contributed by atoms with Crippen LogP contribution >= 0.6 is 0 Å². The van der Waals surface area contributed by atoms with Gasteiger partial charge in [-0.1, -0.05) is 19.9 Å². The fourth-order valence-electron chi connectivity index (χ4n) is 0.331. The molecule has 9 heavy (non-hydrogen) atoms. The monoisotopic (exact) mass is 130 g/mol. The maximum Gasteiger partial charge on any atom is 0.0577 e. The number of methoxy groups -OCH3 is 1. The molecule has 0 radical (unpaired) electrons. The van der Waals surface area contributed by atoms with Crippen LogP contribution in [0, 0.1) is 0 Å². The number of rotatable bonds is 3. The molecule has 1 nitrogen and oxygen atoms in total. The molecule has 0 saturated heterocycles. The van der Waals surface area contributed by atoms with Crippen LogP contribution in [0.4, 0.5) is 0 Å². The third-order valence-electron chi connectivity index (χ3n) is 0.901. The summed E-state index contributed by atoms with van der Waals surface area (Å²) in [7, 11) is 1.70. The first-order valence-electron chi connectivity index (χ1n) is 3.45. The van der Waals surface area contributed by atoms with E-state index in [1.807, 2.05) is 26.8 Å². The smallest absolute Gasteiger partial charge is 0.0577 e. The Morgan fingerprint density at radius 1 is 1.56 bits per heavy atom. The van der Waals surface area contributed by atoms with Crippen LogP contribution in [-0.4, -0.2) is 13.2 Å². The first kappa shape index (κ1) is 11.5. The quantitative estimate of drug-likeness (QED) is 0.534. The lowest BCUT2D eigenvalue weighted by Gasteiger charge is -2.02. The predicted octanol–water partition coefficient (Wildman–Crippen LogP) is 2.62. The summed E-state index contributed by atoms with van der Waals surface area (Å²) in [6.45, 7) is 9.58. The Kier molecular flexibility index (Phi) is 13.6. The van der Waals surface area contributed by atoms with E-state index in [2.05, 4.69) is 6.58 Å². The van der Waals surface area contributed by atoms with Gasteiger partial charge in [0, 0.05) is 7.11 Å². The van der Waals surface area contributed by atoms with Gasteiger partial charge >= 0.3 is 0 Å². The standard InChI is InChI=1S/C6H12O.C2H6/c1-4-5-6(2)7-3;1-2/h4,6H,1,5H2,2-3H3;1-2H3. The summed E-state index contributed by atoms with van der Waals surface area (Å²) >= 11 is 0. The molecule has 1 heteroatoms. The predicted molar refractivity (Wildman–Crippen MR) is 42.6 cm³/mol. The van der Waals surface area contributed by atoms with Crippen LogP contribution in [0.1, 0.15) is 27.2 Å². The highest BCUT2D eigenvalue weighted by Gasteiger charge is 1.90. The van der Waals surface area contributed by atoms with Gasteiger partial charge in [0.25, 0.3) is 0 Å². The summed E-state index contributed by atoms with van der Waals surface area (Å²) in [6, 6.07) is 0. The molecule has 0 bridgehead atoms. The minimum atomic E-state index is 0.331. The number of hydrogen-bond donors (Lipinski definition) is 0. The van der Waals surface area contributed by atoms with Gasteiger partial charge in [-0.15, -0.1) is 6.58 Å². The highest BCUT2D eigenvalue weighted by atomic mass is 16.5. The van der Waals surface area contributed by atoms with E-state index in [0.29, 0.717) is 6.10 Å². The Hall–Kier alpha value is -0.300. The van der Waals surface area contributed by atoms with Crippen molar-refractivity contribution in [2.24, 2.45) is 0 Å². The lowest BCUT2D eigenvalue weighted by atomic mass is 10.3. The number of ether oxygens (including phenoxy) is 1. The van der Waals surface area contributed by atoms with Crippen molar-refractivity contribution in [2.75, 3.05) is 7.11 Å². The normalized spacial score (nSPS) is 11.1. The topological polar surface area (TPSA) is 9.23 Å². The van der Waals surface area contributed by atoms with E-state index in [0.717, 1.165) is 6.42 Å². The average Bonchev–Trinajstić information content (AvgIpc) is 1.93. The van der Waals surface area contributed by atoms with Crippen molar-refractivity contribution in [2.45, 2.75) is 33.3 Å². The van der Waals surface area contributed by atoms with Gasteiger partial charge < -0.3 is 4.74 Å². The van der Waals surface area contributed by atoms with Crippen LogP contribution < -0.4 is 0 Å². The van der Waals surface area contributed by atoms with Crippen molar-refractivity contribution in [3.8, 4) is 0 Å². The van der Waals surface area contributed by atoms with E-state index in [-0.39, 0.29) is 0 Å². The third-order valence-corrected chi connectivity index (χ3v) is 0.901. The van der Waals surface area contributed by atoms with Crippen LogP contribution in [0.25, 0.3) is 0 Å². The summed E-state index contributed by atoms with van der Waals surface area (Å²) in [5.74, 6) is 0. The molecular formula is C8H18O. The van der Waals surface area contributed by atoms with Crippen LogP contribution in [0.15, 0.2) is 12.7 Å². The Morgan fingerprint density at radius 3 is 2.11 bits per heavy atom. The van der Waals surface area contributed by atoms with Crippen molar-refractivity contribution >= 4 is 0 Å². The fourth-order valence-corrected chi connectivity index (χ4v) is 0.331. The molecule has 0 amide bonds. The molecule has 0 aromatic heterocycles. The van der Waals surface area contributed by atoms with E-state index < -0.39 is 0 Å². The first-order valence-corrected chi connectivity index (χ1v) is 3.45. The van der Waals surface area contributed by atoms with Gasteiger partial charge in [0.05, 0.1) is 6.10 Å². The van der Waals surface area contributed by atoms with Gasteiger partial charge in [-0.05, 0) is 13.3 Å². The Labute approximate surface area is 58.7 Å². The van der Waals surface area contributed by atoms with E-state index in [1.165, 1.54) is 0 Å². The molecule has 0 aliphatic heterocycles. The summed E-state index contributed by atoms with van der Waals surface area (Å²) in [4.78, 5) is 0. The molecule has 0 aliphatic rings. The molecule has 0 aromatic rings. The average molecular weight is 130 g/mol. The van der Waals surface area contributed by atoms with Crippen molar-refractivity contribution in [3.05, 3.63) is 12.7 Å². The molecule has 1 atom stereocenters. The maximum absolute atomic E-state index is 4.92. The highest BCUT2D eigenvalue weighted by molar-refractivity contribution is 4.69. The van der Waals surface area contributed by atoms with Crippen molar-refractivity contribution < 1.29 is 4.74 Å². The fraction of sp³-hybridized carbons (Fsp3) is 0.750. The van der Waals surface area contributed by atoms with Gasteiger partial charge in [-0.3, -0.25) is 0 Å². The van der Waals surface area contributed by atoms with Crippen LogP contribution in [0.3, 0.4) is 0 Å². The third kappa shape index (κ3) is 11.3. The zero-order valence-corrected chi connectivity index (χ0v) is 6.98. The summed E-state index contributed by atoms with van der Waals surface area (Å²) < 4.78 is 4.92. The SMILES string of the molecule is C=CCC(C)OC.CC. The van der Waals surface area contributed by atoms with E-state index >= 15 is 0 Å². The summed E-state index contributed by atoms with van der Waals surface area (Å²) in [5, 5.41) is 0. The second-order valence-electron chi connectivity index (χ2n) is 1.57. The maximum atomic E-state index is 4.92. The molecule has 0 fully saturated rings. The summed E-state index contributed by atoms with van der Waals surface area (Å²) in [6.07, 6.45) is 3.13. The Balaban J connectivity index is 0. The summed E-state index contributed by atoms with van der Waals surface area (Å²) in [5.41, 5.74) is 0. The molecule has 0 aromatic carbocycles. The zero-order chi connectivity index (χ0) is 7.70. The van der Waals surface area contributed by atoms with Crippen molar-refractivity contribution in [1.82, 2.24) is 0 Å². The Bertz CT molecular complexity index is 50.5. The van der Waals surface area contributed by atoms with E-state index in [4.69, 9.17) is 4.74 Å². The van der Waals surface area contributed by atoms with E-state index in [9.17, 15) is 0 Å². The van der Waals surface area contributed by atoms with E-state index in [1.54, 1.807) is 7.11 Å². The van der Waals surface area contributed by atoms with Crippen molar-refractivity contribution in [1.29, 1.82) is 0 Å². The van der Waals surface area contributed by atoms with Gasteiger partial charge in [-0.25, -0.2) is 0 Å². The number of hydrogen-bond acceptors (Lipinski definition) is 1. The molecule has 0 N–H and O–H groups in total. The van der Waals surface area contributed by atoms with Gasteiger partial charge in [0.1, 0.15) is 0 Å². The molecule has 56 valence electrons. The van der Waals surface area contributed by atoms with Gasteiger partial charge in [-0.2, -0.15) is 0 Å². The van der Waals surface area contributed by atoms with Crippen LogP contribution in [0.5, 0.6) is 0 Å². The molecule has 0 aliphatic carbocycles. The largest absolute Gasteiger partial charge is 0.381 e.